The molecule has 0 unspecified atom stereocenters. The number of carbonyl (C=O) groups is 1. The lowest BCUT2D eigenvalue weighted by Crippen LogP contribution is -2.19. The molecule has 0 aliphatic heterocycles. The van der Waals surface area contributed by atoms with Crippen LogP contribution in [0.15, 0.2) is 60.1 Å². The van der Waals surface area contributed by atoms with Crippen molar-refractivity contribution in [2.75, 3.05) is 13.7 Å². The van der Waals surface area contributed by atoms with Crippen molar-refractivity contribution in [3.05, 3.63) is 65.5 Å². The third-order valence-corrected chi connectivity index (χ3v) is 4.83. The van der Waals surface area contributed by atoms with Gasteiger partial charge in [-0.3, -0.25) is 4.79 Å². The zero-order chi connectivity index (χ0) is 18.5. The highest BCUT2D eigenvalue weighted by Gasteiger charge is 2.08. The number of methoxy groups -OCH3 is 1. The summed E-state index contributed by atoms with van der Waals surface area (Å²) >= 11 is 1.49. The van der Waals surface area contributed by atoms with E-state index in [1.54, 1.807) is 37.5 Å². The number of allylic oxidation sites excluding steroid dienone is 1. The molecule has 0 radical (unpaired) electrons. The first-order valence-electron chi connectivity index (χ1n) is 8.16. The summed E-state index contributed by atoms with van der Waals surface area (Å²) < 4.78 is 13.7. The summed E-state index contributed by atoms with van der Waals surface area (Å²) in [5.74, 6) is 1.00. The van der Waals surface area contributed by atoms with Crippen molar-refractivity contribution in [2.24, 2.45) is 4.99 Å². The van der Waals surface area contributed by atoms with Crippen LogP contribution in [-0.4, -0.2) is 24.2 Å². The third kappa shape index (κ3) is 4.03. The molecule has 3 aromatic rings. The van der Waals surface area contributed by atoms with Crippen molar-refractivity contribution >= 4 is 27.5 Å². The molecule has 0 spiro atoms. The lowest BCUT2D eigenvalue weighted by Gasteiger charge is -2.04. The predicted molar refractivity (Wildman–Crippen MR) is 104 cm³/mol. The monoisotopic (exact) mass is 368 g/mol. The molecule has 0 aliphatic carbocycles. The van der Waals surface area contributed by atoms with Crippen LogP contribution in [0.5, 0.6) is 11.5 Å². The zero-order valence-electron chi connectivity index (χ0n) is 14.8. The SMILES string of the molecule is C=CCn1c(=NC(=O)COc2ccc(OC)cc2)sc2cc(C)ccc21. The summed E-state index contributed by atoms with van der Waals surface area (Å²) in [4.78, 5) is 17.1. The van der Waals surface area contributed by atoms with Crippen LogP contribution >= 0.6 is 11.3 Å². The van der Waals surface area contributed by atoms with Crippen LogP contribution in [0.2, 0.25) is 0 Å². The Hall–Kier alpha value is -2.86. The van der Waals surface area contributed by atoms with Gasteiger partial charge in [-0.15, -0.1) is 6.58 Å². The average molecular weight is 368 g/mol. The molecule has 0 saturated heterocycles. The lowest BCUT2D eigenvalue weighted by atomic mass is 10.2. The normalized spacial score (nSPS) is 11.5. The summed E-state index contributed by atoms with van der Waals surface area (Å²) in [7, 11) is 1.60. The number of fused-ring (bicyclic) bond motifs is 1. The first-order chi connectivity index (χ1) is 12.6. The van der Waals surface area contributed by atoms with Crippen molar-refractivity contribution in [2.45, 2.75) is 13.5 Å². The number of amides is 1. The van der Waals surface area contributed by atoms with Gasteiger partial charge in [0.25, 0.3) is 5.91 Å². The van der Waals surface area contributed by atoms with Crippen molar-refractivity contribution < 1.29 is 14.3 Å². The number of nitrogens with zero attached hydrogens (tertiary/aromatic N) is 2. The molecule has 26 heavy (non-hydrogen) atoms. The van der Waals surface area contributed by atoms with Crippen LogP contribution in [0.4, 0.5) is 0 Å². The summed E-state index contributed by atoms with van der Waals surface area (Å²) in [6, 6.07) is 13.3. The fourth-order valence-corrected chi connectivity index (χ4v) is 3.68. The topological polar surface area (TPSA) is 52.8 Å². The summed E-state index contributed by atoms with van der Waals surface area (Å²) in [6.07, 6.45) is 1.80. The van der Waals surface area contributed by atoms with E-state index in [1.165, 1.54) is 16.9 Å². The average Bonchev–Trinajstić information content (AvgIpc) is 2.97. The van der Waals surface area contributed by atoms with Gasteiger partial charge in [0.15, 0.2) is 11.4 Å². The molecule has 2 aromatic carbocycles. The molecule has 0 N–H and O–H groups in total. The Labute approximate surface area is 155 Å². The number of aromatic nitrogens is 1. The Kier molecular flexibility index (Phi) is 5.53. The second kappa shape index (κ2) is 8.01. The van der Waals surface area contributed by atoms with E-state index in [-0.39, 0.29) is 12.5 Å². The van der Waals surface area contributed by atoms with Crippen LogP contribution < -0.4 is 14.3 Å². The number of benzene rings is 2. The lowest BCUT2D eigenvalue weighted by molar-refractivity contribution is -0.120. The molecule has 1 aromatic heterocycles. The Balaban J connectivity index is 1.82. The molecule has 0 bridgehead atoms. The van der Waals surface area contributed by atoms with E-state index in [4.69, 9.17) is 9.47 Å². The number of hydrogen-bond donors (Lipinski definition) is 0. The van der Waals surface area contributed by atoms with E-state index in [1.807, 2.05) is 23.6 Å². The maximum Gasteiger partial charge on any atom is 0.286 e. The third-order valence-electron chi connectivity index (χ3n) is 3.79. The van der Waals surface area contributed by atoms with Crippen LogP contribution in [0, 0.1) is 6.92 Å². The van der Waals surface area contributed by atoms with E-state index in [0.717, 1.165) is 16.0 Å². The van der Waals surface area contributed by atoms with Crippen LogP contribution in [0.25, 0.3) is 10.2 Å². The molecule has 3 rings (SSSR count). The first kappa shape index (κ1) is 17.9. The largest absolute Gasteiger partial charge is 0.497 e. The fraction of sp³-hybridized carbons (Fsp3) is 0.200. The Morgan fingerprint density at radius 3 is 2.65 bits per heavy atom. The first-order valence-corrected chi connectivity index (χ1v) is 8.97. The molecule has 1 heterocycles. The maximum absolute atomic E-state index is 12.3. The quantitative estimate of drug-likeness (QED) is 0.623. The van der Waals surface area contributed by atoms with Gasteiger partial charge in [-0.25, -0.2) is 0 Å². The Bertz CT molecular complexity index is 1000. The molecule has 6 heteroatoms. The van der Waals surface area contributed by atoms with Crippen LogP contribution in [0.3, 0.4) is 0 Å². The summed E-state index contributed by atoms with van der Waals surface area (Å²) in [6.45, 7) is 6.31. The number of ether oxygens (including phenoxy) is 2. The van der Waals surface area contributed by atoms with Gasteiger partial charge in [-0.1, -0.05) is 23.5 Å². The molecule has 5 nitrogen and oxygen atoms in total. The van der Waals surface area contributed by atoms with Gasteiger partial charge in [0, 0.05) is 6.54 Å². The molecule has 134 valence electrons. The van der Waals surface area contributed by atoms with E-state index in [0.29, 0.717) is 17.1 Å². The van der Waals surface area contributed by atoms with E-state index < -0.39 is 0 Å². The molecule has 0 saturated carbocycles. The molecule has 1 amide bonds. The Morgan fingerprint density at radius 1 is 1.23 bits per heavy atom. The number of carbonyl (C=O) groups excluding carboxylic acids is 1. The summed E-state index contributed by atoms with van der Waals surface area (Å²) in [5, 5.41) is 0. The van der Waals surface area contributed by atoms with Gasteiger partial charge in [0.1, 0.15) is 11.5 Å². The molecule has 0 fully saturated rings. The molecular weight excluding hydrogens is 348 g/mol. The highest BCUT2D eigenvalue weighted by atomic mass is 32.1. The van der Waals surface area contributed by atoms with Crippen molar-refractivity contribution in [3.8, 4) is 11.5 Å². The zero-order valence-corrected chi connectivity index (χ0v) is 15.6. The van der Waals surface area contributed by atoms with E-state index in [2.05, 4.69) is 17.6 Å². The molecule has 0 aliphatic rings. The maximum atomic E-state index is 12.3. The number of aryl methyl sites for hydroxylation is 1. The standard InChI is InChI=1S/C20H20N2O3S/c1-4-11-22-17-10-5-14(2)12-18(17)26-20(22)21-19(23)13-25-16-8-6-15(24-3)7-9-16/h4-10,12H,1,11,13H2,2-3H3. The van der Waals surface area contributed by atoms with Gasteiger partial charge >= 0.3 is 0 Å². The second-order valence-electron chi connectivity index (χ2n) is 5.72. The summed E-state index contributed by atoms with van der Waals surface area (Å²) in [5.41, 5.74) is 2.22. The number of rotatable bonds is 6. The molecular formula is C20H20N2O3S. The predicted octanol–water partition coefficient (Wildman–Crippen LogP) is 3.71. The smallest absolute Gasteiger partial charge is 0.286 e. The molecule has 0 atom stereocenters. The minimum Gasteiger partial charge on any atom is -0.497 e. The van der Waals surface area contributed by atoms with Crippen molar-refractivity contribution in [1.82, 2.24) is 4.57 Å². The highest BCUT2D eigenvalue weighted by Crippen LogP contribution is 2.19. The van der Waals surface area contributed by atoms with Crippen molar-refractivity contribution in [3.63, 3.8) is 0 Å². The van der Waals surface area contributed by atoms with Crippen LogP contribution in [0.1, 0.15) is 5.56 Å². The van der Waals surface area contributed by atoms with Gasteiger partial charge in [0.2, 0.25) is 0 Å². The van der Waals surface area contributed by atoms with Crippen molar-refractivity contribution in [1.29, 1.82) is 0 Å². The highest BCUT2D eigenvalue weighted by molar-refractivity contribution is 7.16. The van der Waals surface area contributed by atoms with Gasteiger partial charge in [-0.2, -0.15) is 4.99 Å². The van der Waals surface area contributed by atoms with Gasteiger partial charge in [-0.05, 0) is 48.9 Å². The van der Waals surface area contributed by atoms with Crippen LogP contribution in [-0.2, 0) is 11.3 Å². The fourth-order valence-electron chi connectivity index (χ4n) is 2.53. The van der Waals surface area contributed by atoms with Gasteiger partial charge in [0.05, 0.1) is 17.3 Å². The minimum absolute atomic E-state index is 0.117. The van der Waals surface area contributed by atoms with E-state index in [9.17, 15) is 4.79 Å². The minimum atomic E-state index is -0.332. The number of hydrogen-bond acceptors (Lipinski definition) is 4. The Morgan fingerprint density at radius 2 is 1.96 bits per heavy atom. The van der Waals surface area contributed by atoms with Gasteiger partial charge < -0.3 is 14.0 Å². The second-order valence-corrected chi connectivity index (χ2v) is 6.73. The van der Waals surface area contributed by atoms with E-state index >= 15 is 0 Å². The number of thiazole rings is 1.